The summed E-state index contributed by atoms with van der Waals surface area (Å²) in [7, 11) is 3.38. The third-order valence-corrected chi connectivity index (χ3v) is 4.03. The first-order valence-corrected chi connectivity index (χ1v) is 7.84. The van der Waals surface area contributed by atoms with Crippen molar-refractivity contribution >= 4 is 0 Å². The van der Waals surface area contributed by atoms with E-state index in [0.29, 0.717) is 12.1 Å². The van der Waals surface area contributed by atoms with E-state index in [9.17, 15) is 0 Å². The number of methoxy groups -OCH3 is 2. The van der Waals surface area contributed by atoms with Gasteiger partial charge in [-0.1, -0.05) is 6.92 Å². The molecular weight excluding hydrogens is 266 g/mol. The van der Waals surface area contributed by atoms with Crippen LogP contribution < -0.4 is 14.8 Å². The highest BCUT2D eigenvalue weighted by atomic mass is 16.5. The van der Waals surface area contributed by atoms with Crippen LogP contribution in [0.15, 0.2) is 18.2 Å². The van der Waals surface area contributed by atoms with E-state index >= 15 is 0 Å². The second-order valence-corrected chi connectivity index (χ2v) is 5.47. The Hall–Kier alpha value is -1.26. The fourth-order valence-electron chi connectivity index (χ4n) is 2.89. The highest BCUT2D eigenvalue weighted by Gasteiger charge is 2.19. The van der Waals surface area contributed by atoms with E-state index in [1.54, 1.807) is 14.2 Å². The van der Waals surface area contributed by atoms with Crippen molar-refractivity contribution in [1.82, 2.24) is 5.32 Å². The van der Waals surface area contributed by atoms with Crippen molar-refractivity contribution in [2.45, 2.75) is 44.8 Å². The standard InChI is InChI=1S/C17H27NO3/c1-4-18-17(8-7-14-6-5-9-21-14)13-10-15(19-2)12-16(11-13)20-3/h10-12,14,17-18H,4-9H2,1-3H3. The Bertz CT molecular complexity index is 408. The molecule has 0 aromatic heterocycles. The van der Waals surface area contributed by atoms with Gasteiger partial charge in [-0.05, 0) is 49.9 Å². The van der Waals surface area contributed by atoms with Crippen molar-refractivity contribution in [3.05, 3.63) is 23.8 Å². The van der Waals surface area contributed by atoms with Crippen LogP contribution in [0.3, 0.4) is 0 Å². The number of hydrogen-bond donors (Lipinski definition) is 1. The molecule has 1 aromatic rings. The van der Waals surface area contributed by atoms with Gasteiger partial charge in [-0.2, -0.15) is 0 Å². The van der Waals surface area contributed by atoms with Crippen molar-refractivity contribution in [3.8, 4) is 11.5 Å². The molecule has 1 aliphatic heterocycles. The van der Waals surface area contributed by atoms with E-state index in [4.69, 9.17) is 14.2 Å². The van der Waals surface area contributed by atoms with E-state index < -0.39 is 0 Å². The van der Waals surface area contributed by atoms with Gasteiger partial charge in [0.1, 0.15) is 11.5 Å². The predicted octanol–water partition coefficient (Wildman–Crippen LogP) is 3.31. The van der Waals surface area contributed by atoms with E-state index in [1.807, 2.05) is 6.07 Å². The van der Waals surface area contributed by atoms with Gasteiger partial charge in [0.2, 0.25) is 0 Å². The molecule has 1 heterocycles. The fraction of sp³-hybridized carbons (Fsp3) is 0.647. The van der Waals surface area contributed by atoms with E-state index in [1.165, 1.54) is 18.4 Å². The maximum atomic E-state index is 5.73. The Morgan fingerprint density at radius 2 is 1.95 bits per heavy atom. The highest BCUT2D eigenvalue weighted by molar-refractivity contribution is 5.39. The van der Waals surface area contributed by atoms with Gasteiger partial charge in [-0.15, -0.1) is 0 Å². The summed E-state index contributed by atoms with van der Waals surface area (Å²) in [6, 6.07) is 6.40. The summed E-state index contributed by atoms with van der Waals surface area (Å²) in [6.07, 6.45) is 4.98. The fourth-order valence-corrected chi connectivity index (χ4v) is 2.89. The van der Waals surface area contributed by atoms with Crippen LogP contribution in [0.4, 0.5) is 0 Å². The molecule has 1 aliphatic rings. The molecule has 0 spiro atoms. The SMILES string of the molecule is CCNC(CCC1CCCO1)c1cc(OC)cc(OC)c1. The summed E-state index contributed by atoms with van der Waals surface area (Å²) in [4.78, 5) is 0. The van der Waals surface area contributed by atoms with Gasteiger partial charge in [-0.3, -0.25) is 0 Å². The summed E-state index contributed by atoms with van der Waals surface area (Å²) >= 11 is 0. The first kappa shape index (κ1) is 16.1. The average Bonchev–Trinajstić information content (AvgIpc) is 3.04. The second kappa shape index (κ2) is 8.25. The minimum Gasteiger partial charge on any atom is -0.497 e. The van der Waals surface area contributed by atoms with E-state index in [2.05, 4.69) is 24.4 Å². The molecule has 1 fully saturated rings. The Labute approximate surface area is 127 Å². The molecule has 0 radical (unpaired) electrons. The Kier molecular flexibility index (Phi) is 6.33. The van der Waals surface area contributed by atoms with Crippen molar-refractivity contribution in [3.63, 3.8) is 0 Å². The Morgan fingerprint density at radius 1 is 1.24 bits per heavy atom. The average molecular weight is 293 g/mol. The minimum atomic E-state index is 0.309. The lowest BCUT2D eigenvalue weighted by Gasteiger charge is -2.21. The molecule has 0 aliphatic carbocycles. The molecule has 1 N–H and O–H groups in total. The molecule has 2 atom stereocenters. The van der Waals surface area contributed by atoms with Crippen LogP contribution >= 0.6 is 0 Å². The monoisotopic (exact) mass is 293 g/mol. The lowest BCUT2D eigenvalue weighted by molar-refractivity contribution is 0.0996. The quantitative estimate of drug-likeness (QED) is 0.798. The molecule has 2 rings (SSSR count). The van der Waals surface area contributed by atoms with Gasteiger partial charge in [-0.25, -0.2) is 0 Å². The van der Waals surface area contributed by atoms with Crippen LogP contribution in [0.1, 0.15) is 44.2 Å². The minimum absolute atomic E-state index is 0.309. The van der Waals surface area contributed by atoms with Gasteiger partial charge in [0.15, 0.2) is 0 Å². The molecule has 0 amide bonds. The van der Waals surface area contributed by atoms with E-state index in [0.717, 1.165) is 37.5 Å². The molecule has 0 saturated carbocycles. The number of hydrogen-bond acceptors (Lipinski definition) is 4. The molecule has 2 unspecified atom stereocenters. The largest absolute Gasteiger partial charge is 0.497 e. The van der Waals surface area contributed by atoms with Gasteiger partial charge in [0, 0.05) is 18.7 Å². The van der Waals surface area contributed by atoms with Gasteiger partial charge in [0.25, 0.3) is 0 Å². The van der Waals surface area contributed by atoms with Crippen molar-refractivity contribution in [1.29, 1.82) is 0 Å². The summed E-state index contributed by atoms with van der Waals surface area (Å²) in [6.45, 7) is 4.00. The molecule has 118 valence electrons. The number of benzene rings is 1. The van der Waals surface area contributed by atoms with Crippen molar-refractivity contribution < 1.29 is 14.2 Å². The van der Waals surface area contributed by atoms with Gasteiger partial charge in [0.05, 0.1) is 20.3 Å². The Balaban J connectivity index is 2.08. The van der Waals surface area contributed by atoms with Crippen LogP contribution in [0.2, 0.25) is 0 Å². The first-order chi connectivity index (χ1) is 10.3. The normalized spacial score (nSPS) is 19.5. The van der Waals surface area contributed by atoms with Crippen LogP contribution in [0.5, 0.6) is 11.5 Å². The zero-order chi connectivity index (χ0) is 15.1. The Morgan fingerprint density at radius 3 is 2.48 bits per heavy atom. The van der Waals surface area contributed by atoms with Crippen LogP contribution in [-0.4, -0.2) is 33.5 Å². The maximum absolute atomic E-state index is 5.73. The van der Waals surface area contributed by atoms with Crippen molar-refractivity contribution in [2.75, 3.05) is 27.4 Å². The van der Waals surface area contributed by atoms with Crippen LogP contribution in [-0.2, 0) is 4.74 Å². The van der Waals surface area contributed by atoms with Crippen LogP contribution in [0, 0.1) is 0 Å². The lowest BCUT2D eigenvalue weighted by atomic mass is 9.98. The zero-order valence-electron chi connectivity index (χ0n) is 13.4. The molecule has 1 aromatic carbocycles. The lowest BCUT2D eigenvalue weighted by Crippen LogP contribution is -2.22. The number of rotatable bonds is 8. The second-order valence-electron chi connectivity index (χ2n) is 5.47. The van der Waals surface area contributed by atoms with Crippen LogP contribution in [0.25, 0.3) is 0 Å². The summed E-state index contributed by atoms with van der Waals surface area (Å²) in [5.41, 5.74) is 1.21. The summed E-state index contributed by atoms with van der Waals surface area (Å²) < 4.78 is 16.5. The van der Waals surface area contributed by atoms with Gasteiger partial charge < -0.3 is 19.5 Å². The third kappa shape index (κ3) is 4.61. The topological polar surface area (TPSA) is 39.7 Å². The summed E-state index contributed by atoms with van der Waals surface area (Å²) in [5, 5.41) is 3.56. The molecule has 21 heavy (non-hydrogen) atoms. The van der Waals surface area contributed by atoms with Crippen molar-refractivity contribution in [2.24, 2.45) is 0 Å². The van der Waals surface area contributed by atoms with Gasteiger partial charge >= 0.3 is 0 Å². The third-order valence-electron chi connectivity index (χ3n) is 4.03. The first-order valence-electron chi connectivity index (χ1n) is 7.84. The number of nitrogens with one attached hydrogen (secondary N) is 1. The molecule has 4 nitrogen and oxygen atoms in total. The predicted molar refractivity (Wildman–Crippen MR) is 84.2 cm³/mol. The summed E-state index contributed by atoms with van der Waals surface area (Å²) in [5.74, 6) is 1.67. The molecular formula is C17H27NO3. The van der Waals surface area contributed by atoms with E-state index in [-0.39, 0.29) is 0 Å². The maximum Gasteiger partial charge on any atom is 0.122 e. The molecule has 4 heteroatoms. The highest BCUT2D eigenvalue weighted by Crippen LogP contribution is 2.30. The zero-order valence-corrected chi connectivity index (χ0v) is 13.4. The smallest absolute Gasteiger partial charge is 0.122 e. The molecule has 1 saturated heterocycles. The molecule has 0 bridgehead atoms. The number of ether oxygens (including phenoxy) is 3.